The van der Waals surface area contributed by atoms with Gasteiger partial charge in [0.05, 0.1) is 11.3 Å². The summed E-state index contributed by atoms with van der Waals surface area (Å²) in [4.78, 5) is 10.9. The number of halogens is 1. The van der Waals surface area contributed by atoms with E-state index in [1.54, 1.807) is 0 Å². The lowest BCUT2D eigenvalue weighted by Gasteiger charge is -2.09. The number of carboxylic acids is 1. The Morgan fingerprint density at radius 2 is 2.25 bits per heavy atom. The van der Waals surface area contributed by atoms with Gasteiger partial charge in [-0.1, -0.05) is 18.9 Å². The monoisotopic (exact) mass is 223 g/mol. The topological polar surface area (TPSA) is 49.3 Å². The van der Waals surface area contributed by atoms with Crippen molar-refractivity contribution in [2.24, 2.45) is 5.92 Å². The van der Waals surface area contributed by atoms with Crippen LogP contribution in [0.2, 0.25) is 0 Å². The fourth-order valence-corrected chi connectivity index (χ4v) is 1.69. The second-order valence-electron chi connectivity index (χ2n) is 4.13. The number of aromatic carboxylic acids is 1. The molecule has 0 unspecified atom stereocenters. The van der Waals surface area contributed by atoms with E-state index in [-0.39, 0.29) is 11.3 Å². The first-order valence-electron chi connectivity index (χ1n) is 5.44. The van der Waals surface area contributed by atoms with Crippen LogP contribution in [0, 0.1) is 11.7 Å². The van der Waals surface area contributed by atoms with Gasteiger partial charge in [-0.05, 0) is 24.5 Å². The van der Waals surface area contributed by atoms with Gasteiger partial charge in [-0.2, -0.15) is 0 Å². The minimum absolute atomic E-state index is 0.00389. The second kappa shape index (κ2) is 4.51. The molecule has 0 saturated heterocycles. The van der Waals surface area contributed by atoms with Crippen LogP contribution in [-0.4, -0.2) is 17.6 Å². The van der Waals surface area contributed by atoms with Crippen molar-refractivity contribution in [3.63, 3.8) is 0 Å². The highest BCUT2D eigenvalue weighted by molar-refractivity contribution is 5.94. The number of para-hydroxylation sites is 1. The SMILES string of the molecule is O=C(O)c1cccc(F)c1NCCC1CC1. The van der Waals surface area contributed by atoms with Crippen LogP contribution in [0.4, 0.5) is 10.1 Å². The smallest absolute Gasteiger partial charge is 0.337 e. The Hall–Kier alpha value is -1.58. The van der Waals surface area contributed by atoms with E-state index in [1.165, 1.54) is 31.0 Å². The molecule has 1 aliphatic rings. The molecule has 0 bridgehead atoms. The van der Waals surface area contributed by atoms with Crippen molar-refractivity contribution in [1.29, 1.82) is 0 Å². The third kappa shape index (κ3) is 2.51. The van der Waals surface area contributed by atoms with Crippen molar-refractivity contribution < 1.29 is 14.3 Å². The predicted molar refractivity (Wildman–Crippen MR) is 59.2 cm³/mol. The molecule has 0 atom stereocenters. The highest BCUT2D eigenvalue weighted by Gasteiger charge is 2.21. The summed E-state index contributed by atoms with van der Waals surface area (Å²) in [5.74, 6) is -0.864. The van der Waals surface area contributed by atoms with E-state index in [1.807, 2.05) is 0 Å². The van der Waals surface area contributed by atoms with E-state index in [9.17, 15) is 9.18 Å². The number of rotatable bonds is 5. The lowest BCUT2D eigenvalue weighted by Crippen LogP contribution is -2.10. The quantitative estimate of drug-likeness (QED) is 0.806. The molecule has 0 heterocycles. The summed E-state index contributed by atoms with van der Waals surface area (Å²) in [5.41, 5.74) is 0.103. The number of anilines is 1. The molecule has 1 fully saturated rings. The Bertz CT molecular complexity index is 402. The Morgan fingerprint density at radius 3 is 2.88 bits per heavy atom. The number of hydrogen-bond acceptors (Lipinski definition) is 2. The zero-order valence-electron chi connectivity index (χ0n) is 8.87. The van der Waals surface area contributed by atoms with Crippen molar-refractivity contribution in [3.05, 3.63) is 29.6 Å². The average Bonchev–Trinajstić information content (AvgIpc) is 3.04. The summed E-state index contributed by atoms with van der Waals surface area (Å²) < 4.78 is 13.4. The van der Waals surface area contributed by atoms with Crippen LogP contribution in [0.25, 0.3) is 0 Å². The lowest BCUT2D eigenvalue weighted by atomic mass is 10.1. The molecule has 2 N–H and O–H groups in total. The number of carboxylic acid groups (broad SMARTS) is 1. The molecule has 3 nitrogen and oxygen atoms in total. The van der Waals surface area contributed by atoms with Crippen LogP contribution in [0.1, 0.15) is 29.6 Å². The van der Waals surface area contributed by atoms with Gasteiger partial charge in [-0.25, -0.2) is 9.18 Å². The van der Waals surface area contributed by atoms with Crippen molar-refractivity contribution in [3.8, 4) is 0 Å². The van der Waals surface area contributed by atoms with Gasteiger partial charge in [-0.3, -0.25) is 0 Å². The molecule has 0 aliphatic heterocycles. The summed E-state index contributed by atoms with van der Waals surface area (Å²) in [6.45, 7) is 0.631. The van der Waals surface area contributed by atoms with Crippen LogP contribution in [0.3, 0.4) is 0 Å². The van der Waals surface area contributed by atoms with Gasteiger partial charge in [0.1, 0.15) is 5.82 Å². The molecule has 1 saturated carbocycles. The fraction of sp³-hybridized carbons (Fsp3) is 0.417. The molecular formula is C12H14FNO2. The summed E-state index contributed by atoms with van der Waals surface area (Å²) >= 11 is 0. The van der Waals surface area contributed by atoms with Gasteiger partial charge in [0, 0.05) is 6.54 Å². The van der Waals surface area contributed by atoms with Crippen LogP contribution in [0.15, 0.2) is 18.2 Å². The summed E-state index contributed by atoms with van der Waals surface area (Å²) in [6.07, 6.45) is 3.46. The van der Waals surface area contributed by atoms with E-state index in [0.29, 0.717) is 6.54 Å². The standard InChI is InChI=1S/C12H14FNO2/c13-10-3-1-2-9(12(15)16)11(10)14-7-6-8-4-5-8/h1-3,8,14H,4-7H2,(H,15,16). The third-order valence-corrected chi connectivity index (χ3v) is 2.80. The maximum atomic E-state index is 13.4. The van der Waals surface area contributed by atoms with Crippen molar-refractivity contribution in [2.45, 2.75) is 19.3 Å². The molecule has 1 aromatic rings. The van der Waals surface area contributed by atoms with Crippen LogP contribution in [-0.2, 0) is 0 Å². The first-order chi connectivity index (χ1) is 7.68. The van der Waals surface area contributed by atoms with Crippen LogP contribution >= 0.6 is 0 Å². The van der Waals surface area contributed by atoms with Gasteiger partial charge in [0.15, 0.2) is 0 Å². The Morgan fingerprint density at radius 1 is 1.50 bits per heavy atom. The number of carbonyl (C=O) groups is 1. The van der Waals surface area contributed by atoms with Gasteiger partial charge >= 0.3 is 5.97 Å². The van der Waals surface area contributed by atoms with Gasteiger partial charge < -0.3 is 10.4 Å². The molecular weight excluding hydrogens is 209 g/mol. The van der Waals surface area contributed by atoms with E-state index in [4.69, 9.17) is 5.11 Å². The molecule has 1 aliphatic carbocycles. The Kier molecular flexibility index (Phi) is 3.08. The van der Waals surface area contributed by atoms with Gasteiger partial charge in [-0.15, -0.1) is 0 Å². The second-order valence-corrected chi connectivity index (χ2v) is 4.13. The summed E-state index contributed by atoms with van der Waals surface area (Å²) in [7, 11) is 0. The molecule has 4 heteroatoms. The minimum atomic E-state index is -1.10. The highest BCUT2D eigenvalue weighted by Crippen LogP contribution is 2.32. The number of benzene rings is 1. The zero-order chi connectivity index (χ0) is 11.5. The normalized spacial score (nSPS) is 14.8. The molecule has 0 aromatic heterocycles. The number of hydrogen-bond donors (Lipinski definition) is 2. The summed E-state index contributed by atoms with van der Waals surface area (Å²) in [6, 6.07) is 4.08. The van der Waals surface area contributed by atoms with Gasteiger partial charge in [0.25, 0.3) is 0 Å². The van der Waals surface area contributed by atoms with E-state index in [0.717, 1.165) is 12.3 Å². The molecule has 16 heavy (non-hydrogen) atoms. The van der Waals surface area contributed by atoms with Crippen LogP contribution in [0.5, 0.6) is 0 Å². The first-order valence-corrected chi connectivity index (χ1v) is 5.44. The van der Waals surface area contributed by atoms with Crippen LogP contribution < -0.4 is 5.32 Å². The van der Waals surface area contributed by atoms with E-state index >= 15 is 0 Å². The minimum Gasteiger partial charge on any atom is -0.478 e. The van der Waals surface area contributed by atoms with Gasteiger partial charge in [0.2, 0.25) is 0 Å². The number of nitrogens with one attached hydrogen (secondary N) is 1. The molecule has 1 aromatic carbocycles. The lowest BCUT2D eigenvalue weighted by molar-refractivity contribution is 0.0697. The molecule has 2 rings (SSSR count). The molecule has 86 valence electrons. The average molecular weight is 223 g/mol. The molecule has 0 amide bonds. The maximum absolute atomic E-state index is 13.4. The first kappa shape index (κ1) is 10.9. The Balaban J connectivity index is 2.06. The van der Waals surface area contributed by atoms with Crippen molar-refractivity contribution in [2.75, 3.05) is 11.9 Å². The largest absolute Gasteiger partial charge is 0.478 e. The van der Waals surface area contributed by atoms with E-state index < -0.39 is 11.8 Å². The van der Waals surface area contributed by atoms with Crippen molar-refractivity contribution in [1.82, 2.24) is 0 Å². The predicted octanol–water partition coefficient (Wildman–Crippen LogP) is 2.74. The van der Waals surface area contributed by atoms with Crippen molar-refractivity contribution >= 4 is 11.7 Å². The third-order valence-electron chi connectivity index (χ3n) is 2.80. The fourth-order valence-electron chi connectivity index (χ4n) is 1.69. The highest BCUT2D eigenvalue weighted by atomic mass is 19.1. The maximum Gasteiger partial charge on any atom is 0.337 e. The Labute approximate surface area is 93.3 Å². The van der Waals surface area contributed by atoms with E-state index in [2.05, 4.69) is 5.32 Å². The zero-order valence-corrected chi connectivity index (χ0v) is 8.87. The molecule has 0 spiro atoms. The summed E-state index contributed by atoms with van der Waals surface area (Å²) in [5, 5.41) is 11.8. The molecule has 0 radical (unpaired) electrons.